The Morgan fingerprint density at radius 2 is 1.68 bits per heavy atom. The number of fused-ring (bicyclic) bond motifs is 1. The van der Waals surface area contributed by atoms with Crippen LogP contribution in [0.1, 0.15) is 96.5 Å². The Balaban J connectivity index is 2.53. The highest BCUT2D eigenvalue weighted by Crippen LogP contribution is 2.41. The topological polar surface area (TPSA) is 82.1 Å². The van der Waals surface area contributed by atoms with Crippen LogP contribution < -0.4 is 4.43 Å². The fraction of sp³-hybridized carbons (Fsp3) is 0.688. The molecule has 0 aromatic heterocycles. The van der Waals surface area contributed by atoms with Crippen LogP contribution in [0.25, 0.3) is 0 Å². The van der Waals surface area contributed by atoms with E-state index in [2.05, 4.69) is 74.7 Å². The molecule has 1 aromatic carbocycles. The van der Waals surface area contributed by atoms with Gasteiger partial charge in [-0.15, -0.1) is 0 Å². The lowest BCUT2D eigenvalue weighted by atomic mass is 9.91. The molecule has 0 aliphatic carbocycles. The fourth-order valence-corrected chi connectivity index (χ4v) is 6.90. The number of carbonyl (C=O) groups excluding carboxylic acids is 1. The summed E-state index contributed by atoms with van der Waals surface area (Å²) in [6.45, 7) is 24.3. The van der Waals surface area contributed by atoms with Crippen molar-refractivity contribution in [3.63, 3.8) is 0 Å². The molecule has 1 N–H and O–H groups in total. The number of esters is 1. The van der Waals surface area contributed by atoms with Gasteiger partial charge >= 0.3 is 11.9 Å². The first-order valence-electron chi connectivity index (χ1n) is 14.8. The number of aliphatic carboxylic acids is 1. The molecule has 0 bridgehead atoms. The second-order valence-corrected chi connectivity index (χ2v) is 24.0. The number of benzene rings is 1. The van der Waals surface area contributed by atoms with Gasteiger partial charge in [0.25, 0.3) is 8.32 Å². The first kappa shape index (κ1) is 34.3. The van der Waals surface area contributed by atoms with Gasteiger partial charge in [0.2, 0.25) is 0 Å². The Bertz CT molecular complexity index is 1050. The van der Waals surface area contributed by atoms with Crippen LogP contribution in [0.5, 0.6) is 5.75 Å². The van der Waals surface area contributed by atoms with E-state index >= 15 is 0 Å². The average molecular weight is 591 g/mol. The molecule has 1 aliphatic heterocycles. The van der Waals surface area contributed by atoms with E-state index in [-0.39, 0.29) is 22.1 Å². The minimum Gasteiger partial charge on any atom is -0.543 e. The Labute approximate surface area is 245 Å². The van der Waals surface area contributed by atoms with Crippen LogP contribution in [0.2, 0.25) is 36.3 Å². The minimum atomic E-state index is -2.22. The van der Waals surface area contributed by atoms with Gasteiger partial charge < -0.3 is 18.7 Å². The van der Waals surface area contributed by atoms with E-state index in [0.717, 1.165) is 37.3 Å². The van der Waals surface area contributed by atoms with E-state index < -0.39 is 34.7 Å². The summed E-state index contributed by atoms with van der Waals surface area (Å²) in [6.07, 6.45) is 6.70. The smallest absolute Gasteiger partial charge is 0.342 e. The molecule has 2 rings (SSSR count). The number of aryl methyl sites for hydroxylation is 1. The zero-order valence-corrected chi connectivity index (χ0v) is 28.8. The van der Waals surface area contributed by atoms with Gasteiger partial charge in [-0.1, -0.05) is 73.1 Å². The molecule has 40 heavy (non-hydrogen) atoms. The Morgan fingerprint density at radius 1 is 1.05 bits per heavy atom. The summed E-state index contributed by atoms with van der Waals surface area (Å²) in [5.41, 5.74) is 1.46. The van der Waals surface area contributed by atoms with Crippen molar-refractivity contribution in [1.82, 2.24) is 0 Å². The van der Waals surface area contributed by atoms with Crippen LogP contribution in [-0.4, -0.2) is 45.9 Å². The molecule has 0 saturated carbocycles. The van der Waals surface area contributed by atoms with Gasteiger partial charge in [0, 0.05) is 18.9 Å². The van der Waals surface area contributed by atoms with Gasteiger partial charge in [-0.25, -0.2) is 9.59 Å². The minimum absolute atomic E-state index is 0.0282. The van der Waals surface area contributed by atoms with Crippen LogP contribution >= 0.6 is 0 Å². The second kappa shape index (κ2) is 13.4. The number of carboxylic acid groups (broad SMARTS) is 1. The normalized spacial score (nSPS) is 22.2. The quantitative estimate of drug-likeness (QED) is 0.194. The van der Waals surface area contributed by atoms with Crippen molar-refractivity contribution in [3.8, 4) is 5.75 Å². The lowest BCUT2D eigenvalue weighted by molar-refractivity contribution is -0.131. The van der Waals surface area contributed by atoms with Crippen LogP contribution in [0.4, 0.5) is 0 Å². The Morgan fingerprint density at radius 3 is 2.25 bits per heavy atom. The van der Waals surface area contributed by atoms with Crippen LogP contribution in [0.15, 0.2) is 30.4 Å². The van der Waals surface area contributed by atoms with E-state index in [1.165, 1.54) is 0 Å². The fourth-order valence-electron chi connectivity index (χ4n) is 4.43. The zero-order chi connectivity index (χ0) is 30.5. The molecule has 0 fully saturated rings. The van der Waals surface area contributed by atoms with Crippen molar-refractivity contribution in [3.05, 3.63) is 41.5 Å². The molecular weight excluding hydrogens is 537 g/mol. The van der Waals surface area contributed by atoms with Gasteiger partial charge in [0.1, 0.15) is 17.4 Å². The summed E-state index contributed by atoms with van der Waals surface area (Å²) >= 11 is 0. The van der Waals surface area contributed by atoms with Crippen molar-refractivity contribution in [2.45, 2.75) is 135 Å². The number of carboxylic acids is 1. The molecule has 0 spiro atoms. The average Bonchev–Trinajstić information content (AvgIpc) is 2.78. The molecule has 226 valence electrons. The molecule has 1 aromatic rings. The van der Waals surface area contributed by atoms with Gasteiger partial charge in [0.15, 0.2) is 8.32 Å². The molecule has 3 atom stereocenters. The SMILES string of the molecule is C[C@H]1CCCCc2cccc(O[Si](C)(C)C(C)(C)C)c2C(=O)O[C@@H](C/C=C/C(=O)O)C[C@H]1O[Si](C)(C)C(C)(C)C. The van der Waals surface area contributed by atoms with Gasteiger partial charge in [-0.05, 0) is 73.1 Å². The van der Waals surface area contributed by atoms with Crippen LogP contribution in [0, 0.1) is 5.92 Å². The number of carbonyl (C=O) groups is 2. The number of rotatable bonds is 7. The maximum Gasteiger partial charge on any atom is 0.342 e. The van der Waals surface area contributed by atoms with E-state index in [9.17, 15) is 14.7 Å². The Kier molecular flexibility index (Phi) is 11.5. The van der Waals surface area contributed by atoms with E-state index in [0.29, 0.717) is 24.2 Å². The highest BCUT2D eigenvalue weighted by Gasteiger charge is 2.42. The summed E-state index contributed by atoms with van der Waals surface area (Å²) in [5.74, 6) is -0.547. The van der Waals surface area contributed by atoms with Crippen molar-refractivity contribution in [1.29, 1.82) is 0 Å². The van der Waals surface area contributed by atoms with Crippen molar-refractivity contribution in [2.75, 3.05) is 0 Å². The zero-order valence-electron chi connectivity index (χ0n) is 26.8. The van der Waals surface area contributed by atoms with E-state index in [1.807, 2.05) is 18.2 Å². The molecular formula is C32H54O6Si2. The largest absolute Gasteiger partial charge is 0.543 e. The molecule has 1 heterocycles. The van der Waals surface area contributed by atoms with Crippen LogP contribution in [-0.2, 0) is 20.4 Å². The molecule has 0 radical (unpaired) electrons. The first-order valence-corrected chi connectivity index (χ1v) is 20.7. The maximum atomic E-state index is 14.0. The maximum absolute atomic E-state index is 14.0. The standard InChI is InChI=1S/C32H54O6Si2/c1-23-16-12-13-17-24-18-14-20-26(37-39(8,9)31(2,3)4)29(24)30(35)36-25(19-15-21-28(33)34)22-27(23)38-40(10,11)32(5,6)7/h14-15,18,20-21,23,25,27H,12-13,16-17,19,22H2,1-11H3,(H,33,34)/b21-15+/t23-,25-,27+/m0/s1. The lowest BCUT2D eigenvalue weighted by Crippen LogP contribution is -2.46. The summed E-state index contributed by atoms with van der Waals surface area (Å²) in [7, 11) is -4.32. The third kappa shape index (κ3) is 9.31. The summed E-state index contributed by atoms with van der Waals surface area (Å²) in [6, 6.07) is 5.86. The highest BCUT2D eigenvalue weighted by atomic mass is 28.4. The predicted molar refractivity (Wildman–Crippen MR) is 168 cm³/mol. The lowest BCUT2D eigenvalue weighted by Gasteiger charge is -2.42. The van der Waals surface area contributed by atoms with E-state index in [1.54, 1.807) is 6.08 Å². The number of ether oxygens (including phenoxy) is 1. The van der Waals surface area contributed by atoms with Gasteiger partial charge in [-0.2, -0.15) is 0 Å². The molecule has 0 saturated heterocycles. The molecule has 0 amide bonds. The molecule has 6 nitrogen and oxygen atoms in total. The number of hydrogen-bond donors (Lipinski definition) is 1. The van der Waals surface area contributed by atoms with E-state index in [4.69, 9.17) is 13.6 Å². The molecule has 8 heteroatoms. The number of hydrogen-bond acceptors (Lipinski definition) is 5. The van der Waals surface area contributed by atoms with Gasteiger partial charge in [0.05, 0.1) is 6.10 Å². The molecule has 1 aliphatic rings. The summed E-state index contributed by atoms with van der Waals surface area (Å²) < 4.78 is 19.9. The van der Waals surface area contributed by atoms with Crippen LogP contribution in [0.3, 0.4) is 0 Å². The van der Waals surface area contributed by atoms with Crippen molar-refractivity contribution in [2.24, 2.45) is 5.92 Å². The summed E-state index contributed by atoms with van der Waals surface area (Å²) in [4.78, 5) is 25.2. The third-order valence-corrected chi connectivity index (χ3v) is 18.0. The predicted octanol–water partition coefficient (Wildman–Crippen LogP) is 8.77. The van der Waals surface area contributed by atoms with Crippen molar-refractivity contribution >= 4 is 28.6 Å². The number of cyclic esters (lactones) is 1. The molecule has 0 unspecified atom stereocenters. The highest BCUT2D eigenvalue weighted by molar-refractivity contribution is 6.75. The third-order valence-electron chi connectivity index (χ3n) is 9.16. The van der Waals surface area contributed by atoms with Gasteiger partial charge in [-0.3, -0.25) is 0 Å². The first-order chi connectivity index (χ1) is 18.2. The Hall–Kier alpha value is -1.91. The van der Waals surface area contributed by atoms with Crippen molar-refractivity contribution < 1.29 is 28.3 Å². The summed E-state index contributed by atoms with van der Waals surface area (Å²) in [5, 5.41) is 9.21. The monoisotopic (exact) mass is 590 g/mol. The second-order valence-electron chi connectivity index (χ2n) is 14.5.